The highest BCUT2D eigenvalue weighted by Crippen LogP contribution is 2.15. The molecule has 1 N–H and O–H groups in total. The van der Waals surface area contributed by atoms with Gasteiger partial charge in [-0.15, -0.1) is 0 Å². The van der Waals surface area contributed by atoms with Crippen LogP contribution in [0.15, 0.2) is 24.3 Å². The van der Waals surface area contributed by atoms with E-state index in [1.54, 1.807) is 0 Å². The molecule has 1 aromatic rings. The molecule has 24 heavy (non-hydrogen) atoms. The molecule has 0 aliphatic carbocycles. The number of benzene rings is 1. The van der Waals surface area contributed by atoms with Crippen molar-refractivity contribution in [3.63, 3.8) is 0 Å². The number of rotatable bonds is 12. The molecule has 0 aliphatic heterocycles. The Hall–Kier alpha value is -2.04. The Morgan fingerprint density at radius 3 is 2.21 bits per heavy atom. The lowest BCUT2D eigenvalue weighted by atomic mass is 10.0. The average Bonchev–Trinajstić information content (AvgIpc) is 2.57. The Bertz CT molecular complexity index is 498. The van der Waals surface area contributed by atoms with Crippen molar-refractivity contribution in [3.05, 3.63) is 35.4 Å². The zero-order valence-electron chi connectivity index (χ0n) is 14.5. The fourth-order valence-electron chi connectivity index (χ4n) is 2.61. The number of aryl methyl sites for hydroxylation is 1. The average molecular weight is 336 g/mol. The van der Waals surface area contributed by atoms with Crippen LogP contribution >= 0.6 is 0 Å². The van der Waals surface area contributed by atoms with Gasteiger partial charge in [0.15, 0.2) is 0 Å². The fraction of sp³-hybridized carbons (Fsp3) is 0.579. The van der Waals surface area contributed by atoms with Crippen LogP contribution in [0.4, 0.5) is 4.79 Å². The van der Waals surface area contributed by atoms with Crippen LogP contribution in [-0.4, -0.2) is 30.4 Å². The number of unbranched alkanes of at least 4 members (excludes halogenated alkanes) is 6. The smallest absolute Gasteiger partial charge is 0.462 e. The van der Waals surface area contributed by atoms with E-state index in [4.69, 9.17) is 9.84 Å². The highest BCUT2D eigenvalue weighted by atomic mass is 16.7. The van der Waals surface area contributed by atoms with Crippen molar-refractivity contribution in [2.45, 2.75) is 58.3 Å². The molecule has 0 saturated heterocycles. The van der Waals surface area contributed by atoms with Gasteiger partial charge in [-0.1, -0.05) is 50.3 Å². The van der Waals surface area contributed by atoms with Crippen LogP contribution in [0.5, 0.6) is 0 Å². The van der Waals surface area contributed by atoms with Crippen molar-refractivity contribution in [1.82, 2.24) is 0 Å². The molecule has 0 atom stereocenters. The molecule has 5 nitrogen and oxygen atoms in total. The summed E-state index contributed by atoms with van der Waals surface area (Å²) in [5.41, 5.74) is 1.74. The molecule has 0 aliphatic rings. The summed E-state index contributed by atoms with van der Waals surface area (Å²) in [5.74, 6) is -0.239. The van der Waals surface area contributed by atoms with Crippen LogP contribution in [0.2, 0.25) is 0 Å². The van der Waals surface area contributed by atoms with Gasteiger partial charge in [0, 0.05) is 0 Å². The minimum Gasteiger partial charge on any atom is -0.462 e. The van der Waals surface area contributed by atoms with E-state index in [2.05, 4.69) is 4.74 Å². The number of carbonyl (C=O) groups is 2. The largest absolute Gasteiger partial charge is 0.505 e. The van der Waals surface area contributed by atoms with E-state index in [1.807, 2.05) is 31.2 Å². The van der Waals surface area contributed by atoms with Crippen molar-refractivity contribution >= 4 is 12.1 Å². The van der Waals surface area contributed by atoms with E-state index in [9.17, 15) is 9.59 Å². The number of hydrogen-bond donors (Lipinski definition) is 1. The van der Waals surface area contributed by atoms with Gasteiger partial charge in [0.25, 0.3) is 0 Å². The quantitative estimate of drug-likeness (QED) is 0.437. The van der Waals surface area contributed by atoms with E-state index >= 15 is 0 Å². The summed E-state index contributed by atoms with van der Waals surface area (Å²) >= 11 is 0. The predicted molar refractivity (Wildman–Crippen MR) is 92.4 cm³/mol. The van der Waals surface area contributed by atoms with E-state index in [0.29, 0.717) is 18.8 Å². The molecule has 0 radical (unpaired) electrons. The molecule has 0 bridgehead atoms. The highest BCUT2D eigenvalue weighted by Gasteiger charge is 2.11. The van der Waals surface area contributed by atoms with Crippen molar-refractivity contribution in [3.8, 4) is 0 Å². The summed E-state index contributed by atoms with van der Waals surface area (Å²) in [4.78, 5) is 22.1. The van der Waals surface area contributed by atoms with Gasteiger partial charge in [0.05, 0.1) is 18.8 Å². The maximum Gasteiger partial charge on any atom is 0.505 e. The first-order valence-corrected chi connectivity index (χ1v) is 8.76. The monoisotopic (exact) mass is 336 g/mol. The van der Waals surface area contributed by atoms with E-state index in [0.717, 1.165) is 56.9 Å². The van der Waals surface area contributed by atoms with E-state index < -0.39 is 6.16 Å². The number of hydrogen-bond acceptors (Lipinski definition) is 4. The van der Waals surface area contributed by atoms with Gasteiger partial charge in [-0.3, -0.25) is 0 Å². The first-order valence-electron chi connectivity index (χ1n) is 8.76. The lowest BCUT2D eigenvalue weighted by Crippen LogP contribution is -2.08. The van der Waals surface area contributed by atoms with E-state index in [1.165, 1.54) is 0 Å². The first-order chi connectivity index (χ1) is 11.6. The number of carboxylic acid groups (broad SMARTS) is 1. The summed E-state index contributed by atoms with van der Waals surface area (Å²) in [6.07, 6.45) is 7.07. The lowest BCUT2D eigenvalue weighted by molar-refractivity contribution is 0.0524. The Kier molecular flexibility index (Phi) is 10.3. The molecule has 0 fully saturated rings. The van der Waals surface area contributed by atoms with Crippen LogP contribution in [-0.2, 0) is 15.9 Å². The molecule has 134 valence electrons. The minimum absolute atomic E-state index is 0.239. The fourth-order valence-corrected chi connectivity index (χ4v) is 2.61. The molecule has 0 amide bonds. The third kappa shape index (κ3) is 8.56. The number of carbonyl (C=O) groups excluding carboxylic acids is 1. The molecule has 5 heteroatoms. The first kappa shape index (κ1) is 20.0. The second kappa shape index (κ2) is 12.4. The molecule has 0 spiro atoms. The molecule has 1 aromatic carbocycles. The maximum absolute atomic E-state index is 11.9. The second-order valence-corrected chi connectivity index (χ2v) is 5.72. The van der Waals surface area contributed by atoms with Gasteiger partial charge >= 0.3 is 12.1 Å². The molecular formula is C19H28O5. The van der Waals surface area contributed by atoms with Gasteiger partial charge in [0.2, 0.25) is 0 Å². The third-order valence-corrected chi connectivity index (χ3v) is 3.83. The zero-order valence-corrected chi connectivity index (χ0v) is 14.5. The summed E-state index contributed by atoms with van der Waals surface area (Å²) in [6, 6.07) is 7.64. The van der Waals surface area contributed by atoms with Crippen molar-refractivity contribution in [1.29, 1.82) is 0 Å². The number of esters is 1. The summed E-state index contributed by atoms with van der Waals surface area (Å²) in [7, 11) is 0. The third-order valence-electron chi connectivity index (χ3n) is 3.83. The van der Waals surface area contributed by atoms with Crippen LogP contribution in [0.1, 0.15) is 67.8 Å². The lowest BCUT2D eigenvalue weighted by Gasteiger charge is -2.08. The van der Waals surface area contributed by atoms with Crippen LogP contribution in [0.3, 0.4) is 0 Å². The number of ether oxygens (including phenoxy) is 2. The zero-order chi connectivity index (χ0) is 17.6. The van der Waals surface area contributed by atoms with E-state index in [-0.39, 0.29) is 5.97 Å². The standard InChI is InChI=1S/C19H28O5/c1-2-23-18(20)17-14-10-9-13-16(17)12-8-6-4-3-5-7-11-15-24-19(21)22/h9-10,13-14H,2-8,11-12,15H2,1H3,(H,21,22). The predicted octanol–water partition coefficient (Wildman–Crippen LogP) is 4.83. The molecular weight excluding hydrogens is 308 g/mol. The maximum atomic E-state index is 11.9. The van der Waals surface area contributed by atoms with Gasteiger partial charge in [-0.05, 0) is 37.8 Å². The second-order valence-electron chi connectivity index (χ2n) is 5.72. The van der Waals surface area contributed by atoms with Gasteiger partial charge < -0.3 is 14.6 Å². The normalized spacial score (nSPS) is 10.4. The van der Waals surface area contributed by atoms with Crippen LogP contribution < -0.4 is 0 Å². The van der Waals surface area contributed by atoms with Crippen LogP contribution in [0, 0.1) is 0 Å². The summed E-state index contributed by atoms with van der Waals surface area (Å²) in [5, 5.41) is 8.34. The Labute approximate surface area is 144 Å². The molecule has 0 heterocycles. The van der Waals surface area contributed by atoms with Gasteiger partial charge in [0.1, 0.15) is 0 Å². The Balaban J connectivity index is 2.13. The topological polar surface area (TPSA) is 72.8 Å². The minimum atomic E-state index is -1.20. The molecule has 0 saturated carbocycles. The SMILES string of the molecule is CCOC(=O)c1ccccc1CCCCCCCCCOC(=O)O. The molecule has 0 unspecified atom stereocenters. The Morgan fingerprint density at radius 2 is 1.54 bits per heavy atom. The van der Waals surface area contributed by atoms with Crippen molar-refractivity contribution < 1.29 is 24.2 Å². The summed E-state index contributed by atoms with van der Waals surface area (Å²) < 4.78 is 9.55. The van der Waals surface area contributed by atoms with Crippen molar-refractivity contribution in [2.75, 3.05) is 13.2 Å². The van der Waals surface area contributed by atoms with Gasteiger partial charge in [-0.2, -0.15) is 0 Å². The summed E-state index contributed by atoms with van der Waals surface area (Å²) in [6.45, 7) is 2.50. The Morgan fingerprint density at radius 1 is 0.917 bits per heavy atom. The highest BCUT2D eigenvalue weighted by molar-refractivity contribution is 5.91. The van der Waals surface area contributed by atoms with Gasteiger partial charge in [-0.25, -0.2) is 9.59 Å². The van der Waals surface area contributed by atoms with Crippen molar-refractivity contribution in [2.24, 2.45) is 0 Å². The molecule has 1 rings (SSSR count). The van der Waals surface area contributed by atoms with Crippen LogP contribution in [0.25, 0.3) is 0 Å². The molecule has 0 aromatic heterocycles.